The van der Waals surface area contributed by atoms with Crippen LogP contribution in [0.2, 0.25) is 0 Å². The normalized spacial score (nSPS) is 20.4. The number of rotatable bonds is 3. The van der Waals surface area contributed by atoms with Crippen molar-refractivity contribution in [2.75, 3.05) is 6.54 Å². The van der Waals surface area contributed by atoms with E-state index < -0.39 is 0 Å². The molecule has 0 spiro atoms. The monoisotopic (exact) mass is 243 g/mol. The molecule has 1 aliphatic rings. The molecule has 0 saturated carbocycles. The highest BCUT2D eigenvalue weighted by Crippen LogP contribution is 2.31. The minimum atomic E-state index is 0.384. The van der Waals surface area contributed by atoms with Gasteiger partial charge in [0.25, 0.3) is 0 Å². The van der Waals surface area contributed by atoms with Gasteiger partial charge in [0.15, 0.2) is 0 Å². The minimum absolute atomic E-state index is 0.384. The molecule has 1 N–H and O–H groups in total. The zero-order valence-electron chi connectivity index (χ0n) is 10.5. The fraction of sp³-hybridized carbons (Fsp3) is 0.462. The van der Waals surface area contributed by atoms with E-state index in [9.17, 15) is 0 Å². The third kappa shape index (κ3) is 2.13. The summed E-state index contributed by atoms with van der Waals surface area (Å²) in [6.45, 7) is 4.06. The maximum Gasteiger partial charge on any atom is 0.0925 e. The van der Waals surface area contributed by atoms with Gasteiger partial charge in [0.05, 0.1) is 23.8 Å². The molecule has 94 valence electrons. The molecule has 1 aliphatic heterocycles. The van der Waals surface area contributed by atoms with Crippen molar-refractivity contribution in [2.45, 2.75) is 32.4 Å². The molecule has 0 unspecified atom stereocenters. The molecule has 0 aromatic carbocycles. The van der Waals surface area contributed by atoms with Gasteiger partial charge in [-0.2, -0.15) is 0 Å². The zero-order chi connectivity index (χ0) is 12.4. The molecule has 0 aliphatic carbocycles. The van der Waals surface area contributed by atoms with E-state index in [2.05, 4.69) is 31.8 Å². The van der Waals surface area contributed by atoms with Crippen molar-refractivity contribution < 1.29 is 0 Å². The largest absolute Gasteiger partial charge is 0.348 e. The quantitative estimate of drug-likeness (QED) is 0.893. The Morgan fingerprint density at radius 2 is 2.33 bits per heavy atom. The summed E-state index contributed by atoms with van der Waals surface area (Å²) in [4.78, 5) is 18.5. The molecule has 2 aromatic heterocycles. The van der Waals surface area contributed by atoms with Crippen LogP contribution in [0.15, 0.2) is 24.9 Å². The number of nitrogens with zero attached hydrogens (tertiary/aromatic N) is 4. The average Bonchev–Trinajstić information content (AvgIpc) is 3.01. The van der Waals surface area contributed by atoms with Crippen LogP contribution in [0.4, 0.5) is 0 Å². The number of aromatic amines is 1. The van der Waals surface area contributed by atoms with Crippen LogP contribution in [0.5, 0.6) is 0 Å². The number of likely N-dealkylation sites (tertiary alicyclic amines) is 1. The summed E-state index contributed by atoms with van der Waals surface area (Å²) in [6.07, 6.45) is 9.50. The highest BCUT2D eigenvalue weighted by Gasteiger charge is 2.27. The lowest BCUT2D eigenvalue weighted by Gasteiger charge is -2.23. The molecule has 1 atom stereocenters. The third-order valence-electron chi connectivity index (χ3n) is 3.58. The van der Waals surface area contributed by atoms with E-state index in [1.165, 1.54) is 6.42 Å². The first-order chi connectivity index (χ1) is 8.84. The van der Waals surface area contributed by atoms with Crippen molar-refractivity contribution in [1.82, 2.24) is 24.8 Å². The van der Waals surface area contributed by atoms with Crippen molar-refractivity contribution in [3.05, 3.63) is 42.0 Å². The van der Waals surface area contributed by atoms with Crippen LogP contribution in [-0.2, 0) is 6.54 Å². The van der Waals surface area contributed by atoms with E-state index in [1.807, 2.05) is 6.20 Å². The molecular weight excluding hydrogens is 226 g/mol. The van der Waals surface area contributed by atoms with Gasteiger partial charge in [-0.3, -0.25) is 14.9 Å². The Labute approximate surface area is 106 Å². The van der Waals surface area contributed by atoms with Crippen LogP contribution < -0.4 is 0 Å². The number of hydrogen-bond donors (Lipinski definition) is 1. The summed E-state index contributed by atoms with van der Waals surface area (Å²) in [6, 6.07) is 0.384. The molecule has 0 amide bonds. The Morgan fingerprint density at radius 3 is 3.06 bits per heavy atom. The van der Waals surface area contributed by atoms with Gasteiger partial charge in [-0.05, 0) is 26.3 Å². The van der Waals surface area contributed by atoms with Gasteiger partial charge in [-0.25, -0.2) is 4.98 Å². The summed E-state index contributed by atoms with van der Waals surface area (Å²) in [5.74, 6) is 0. The van der Waals surface area contributed by atoms with Gasteiger partial charge < -0.3 is 4.98 Å². The molecule has 3 heterocycles. The molecule has 1 fully saturated rings. The van der Waals surface area contributed by atoms with E-state index in [-0.39, 0.29) is 0 Å². The Bertz CT molecular complexity index is 507. The van der Waals surface area contributed by atoms with Gasteiger partial charge >= 0.3 is 0 Å². The summed E-state index contributed by atoms with van der Waals surface area (Å²) < 4.78 is 0. The molecule has 5 nitrogen and oxygen atoms in total. The molecule has 1 saturated heterocycles. The maximum absolute atomic E-state index is 4.43. The van der Waals surface area contributed by atoms with E-state index in [0.29, 0.717) is 6.04 Å². The van der Waals surface area contributed by atoms with Crippen LogP contribution in [0.3, 0.4) is 0 Å². The molecule has 2 aromatic rings. The van der Waals surface area contributed by atoms with Crippen LogP contribution in [-0.4, -0.2) is 31.4 Å². The summed E-state index contributed by atoms with van der Waals surface area (Å²) in [5, 5.41) is 0. The summed E-state index contributed by atoms with van der Waals surface area (Å²) in [5.41, 5.74) is 3.36. The standard InChI is InChI=1S/C13H17N5/c1-10-12(17-9-16-10)8-18-6-2-3-13(18)11-7-14-4-5-15-11/h4-5,7,9,13H,2-3,6,8H2,1H3,(H,16,17)/t13-/m1/s1. The number of aryl methyl sites for hydroxylation is 1. The van der Waals surface area contributed by atoms with Crippen LogP contribution in [0.1, 0.15) is 36.0 Å². The molecule has 0 radical (unpaired) electrons. The lowest BCUT2D eigenvalue weighted by molar-refractivity contribution is 0.241. The lowest BCUT2D eigenvalue weighted by Crippen LogP contribution is -2.24. The van der Waals surface area contributed by atoms with Crippen molar-refractivity contribution in [1.29, 1.82) is 0 Å². The van der Waals surface area contributed by atoms with Gasteiger partial charge in [0, 0.05) is 30.8 Å². The molecule has 5 heteroatoms. The van der Waals surface area contributed by atoms with E-state index in [1.54, 1.807) is 18.7 Å². The van der Waals surface area contributed by atoms with E-state index in [0.717, 1.165) is 36.6 Å². The van der Waals surface area contributed by atoms with Crippen molar-refractivity contribution in [2.24, 2.45) is 0 Å². The average molecular weight is 243 g/mol. The maximum atomic E-state index is 4.43. The number of H-pyrrole nitrogens is 1. The second-order valence-corrected chi connectivity index (χ2v) is 4.73. The van der Waals surface area contributed by atoms with Gasteiger partial charge in [0.2, 0.25) is 0 Å². The Morgan fingerprint density at radius 1 is 1.39 bits per heavy atom. The fourth-order valence-corrected chi connectivity index (χ4v) is 2.57. The van der Waals surface area contributed by atoms with E-state index in [4.69, 9.17) is 0 Å². The number of imidazole rings is 1. The molecular formula is C13H17N5. The fourth-order valence-electron chi connectivity index (χ4n) is 2.57. The number of hydrogen-bond acceptors (Lipinski definition) is 4. The summed E-state index contributed by atoms with van der Waals surface area (Å²) >= 11 is 0. The van der Waals surface area contributed by atoms with Crippen LogP contribution in [0, 0.1) is 6.92 Å². The van der Waals surface area contributed by atoms with Gasteiger partial charge in [-0.1, -0.05) is 0 Å². The second-order valence-electron chi connectivity index (χ2n) is 4.73. The third-order valence-corrected chi connectivity index (χ3v) is 3.58. The number of nitrogens with one attached hydrogen (secondary N) is 1. The van der Waals surface area contributed by atoms with Gasteiger partial charge in [-0.15, -0.1) is 0 Å². The highest BCUT2D eigenvalue weighted by molar-refractivity contribution is 5.11. The first kappa shape index (κ1) is 11.3. The van der Waals surface area contributed by atoms with Crippen LogP contribution >= 0.6 is 0 Å². The SMILES string of the molecule is Cc1[nH]cnc1CN1CCC[C@@H]1c1cnccn1. The van der Waals surface area contributed by atoms with Crippen molar-refractivity contribution in [3.63, 3.8) is 0 Å². The minimum Gasteiger partial charge on any atom is -0.348 e. The first-order valence-electron chi connectivity index (χ1n) is 6.33. The number of aromatic nitrogens is 4. The Balaban J connectivity index is 1.78. The van der Waals surface area contributed by atoms with Crippen molar-refractivity contribution >= 4 is 0 Å². The predicted molar refractivity (Wildman–Crippen MR) is 67.7 cm³/mol. The highest BCUT2D eigenvalue weighted by atomic mass is 15.2. The molecule has 18 heavy (non-hydrogen) atoms. The topological polar surface area (TPSA) is 57.7 Å². The Kier molecular flexibility index (Phi) is 3.06. The second kappa shape index (κ2) is 4.86. The molecule has 0 bridgehead atoms. The smallest absolute Gasteiger partial charge is 0.0925 e. The lowest BCUT2D eigenvalue weighted by atomic mass is 10.1. The zero-order valence-corrected chi connectivity index (χ0v) is 10.5. The summed E-state index contributed by atoms with van der Waals surface area (Å²) in [7, 11) is 0. The van der Waals surface area contributed by atoms with Crippen LogP contribution in [0.25, 0.3) is 0 Å². The Hall–Kier alpha value is -1.75. The van der Waals surface area contributed by atoms with E-state index >= 15 is 0 Å². The van der Waals surface area contributed by atoms with Gasteiger partial charge in [0.1, 0.15) is 0 Å². The molecule has 3 rings (SSSR count). The predicted octanol–water partition coefficient (Wildman–Crippen LogP) is 1.85. The van der Waals surface area contributed by atoms with Crippen molar-refractivity contribution in [3.8, 4) is 0 Å². The first-order valence-corrected chi connectivity index (χ1v) is 6.33.